The first kappa shape index (κ1) is 15.3. The van der Waals surface area contributed by atoms with E-state index in [0.29, 0.717) is 29.6 Å². The first-order valence-corrected chi connectivity index (χ1v) is 7.51. The number of nitrogens with zero attached hydrogens (tertiary/aromatic N) is 2. The molecule has 1 saturated carbocycles. The zero-order valence-corrected chi connectivity index (χ0v) is 12.8. The normalized spacial score (nSPS) is 17.8. The van der Waals surface area contributed by atoms with E-state index in [4.69, 9.17) is 16.7 Å². The molecule has 1 aromatic rings. The summed E-state index contributed by atoms with van der Waals surface area (Å²) in [6, 6.07) is 0. The van der Waals surface area contributed by atoms with Crippen LogP contribution in [0, 0.1) is 5.92 Å². The first-order chi connectivity index (χ1) is 9.49. The lowest BCUT2D eigenvalue weighted by atomic mass is 9.94. The van der Waals surface area contributed by atoms with Gasteiger partial charge in [0.25, 0.3) is 5.56 Å². The van der Waals surface area contributed by atoms with Crippen LogP contribution in [0.3, 0.4) is 0 Å². The summed E-state index contributed by atoms with van der Waals surface area (Å²) in [7, 11) is 0. The third kappa shape index (κ3) is 3.52. The molecule has 1 aliphatic rings. The Balaban J connectivity index is 2.27. The topological polar surface area (TPSA) is 67.2 Å². The fourth-order valence-corrected chi connectivity index (χ4v) is 2.30. The number of aliphatic hydroxyl groups excluding tert-OH is 1. The van der Waals surface area contributed by atoms with Gasteiger partial charge in [0.2, 0.25) is 0 Å². The smallest absolute Gasteiger partial charge is 0.291 e. The maximum atomic E-state index is 12.4. The zero-order valence-electron chi connectivity index (χ0n) is 12.0. The lowest BCUT2D eigenvalue weighted by Gasteiger charge is -2.30. The maximum Gasteiger partial charge on any atom is 0.291 e. The molecule has 20 heavy (non-hydrogen) atoms. The van der Waals surface area contributed by atoms with Crippen LogP contribution in [-0.2, 0) is 6.54 Å². The van der Waals surface area contributed by atoms with E-state index in [2.05, 4.69) is 10.4 Å². The zero-order chi connectivity index (χ0) is 14.8. The molecular formula is C14H22ClN3O2. The number of halogens is 1. The lowest BCUT2D eigenvalue weighted by Crippen LogP contribution is -2.39. The number of anilines is 1. The summed E-state index contributed by atoms with van der Waals surface area (Å²) in [5.41, 5.74) is -0.141. The van der Waals surface area contributed by atoms with Crippen LogP contribution in [0.2, 0.25) is 5.02 Å². The van der Waals surface area contributed by atoms with E-state index in [-0.39, 0.29) is 17.7 Å². The number of rotatable bonds is 7. The van der Waals surface area contributed by atoms with E-state index in [1.807, 2.05) is 13.8 Å². The number of aromatic nitrogens is 2. The molecule has 6 heteroatoms. The molecule has 1 fully saturated rings. The summed E-state index contributed by atoms with van der Waals surface area (Å²) < 4.78 is 1.49. The van der Waals surface area contributed by atoms with Crippen molar-refractivity contribution in [2.24, 2.45) is 5.92 Å². The molecule has 2 N–H and O–H groups in total. The van der Waals surface area contributed by atoms with E-state index in [0.717, 1.165) is 19.3 Å². The van der Waals surface area contributed by atoms with Crippen molar-refractivity contribution in [3.8, 4) is 0 Å². The van der Waals surface area contributed by atoms with Crippen molar-refractivity contribution in [3.63, 3.8) is 0 Å². The van der Waals surface area contributed by atoms with Crippen molar-refractivity contribution in [1.82, 2.24) is 9.78 Å². The molecule has 0 amide bonds. The average molecular weight is 300 g/mol. The fourth-order valence-electron chi connectivity index (χ4n) is 2.13. The van der Waals surface area contributed by atoms with Crippen LogP contribution in [0.4, 0.5) is 5.69 Å². The molecule has 5 nitrogen and oxygen atoms in total. The molecule has 1 unspecified atom stereocenters. The summed E-state index contributed by atoms with van der Waals surface area (Å²) in [5, 5.41) is 16.8. The molecule has 1 aliphatic carbocycles. The van der Waals surface area contributed by atoms with Crippen molar-refractivity contribution >= 4 is 17.3 Å². The highest BCUT2D eigenvalue weighted by atomic mass is 35.5. The lowest BCUT2D eigenvalue weighted by molar-refractivity contribution is 0.252. The molecule has 1 atom stereocenters. The molecular weight excluding hydrogens is 278 g/mol. The number of aliphatic hydroxyl groups is 1. The summed E-state index contributed by atoms with van der Waals surface area (Å²) in [4.78, 5) is 12.4. The van der Waals surface area contributed by atoms with Crippen LogP contribution >= 0.6 is 11.6 Å². The molecule has 112 valence electrons. The van der Waals surface area contributed by atoms with Crippen LogP contribution < -0.4 is 10.9 Å². The SMILES string of the molecule is CCC(C)(CCO)Nc1c(Cl)cnn(CC2CC2)c1=O. The largest absolute Gasteiger partial charge is 0.396 e. The standard InChI is InChI=1S/C14H22ClN3O2/c1-3-14(2,6-7-19)17-12-11(15)8-16-18(13(12)20)9-10-4-5-10/h8,10,17,19H,3-7,9H2,1-2H3. The van der Waals surface area contributed by atoms with Crippen LogP contribution in [0.15, 0.2) is 11.0 Å². The second-order valence-electron chi connectivity index (χ2n) is 5.81. The van der Waals surface area contributed by atoms with Gasteiger partial charge in [0.05, 0.1) is 11.2 Å². The second-order valence-corrected chi connectivity index (χ2v) is 6.22. The number of nitrogens with one attached hydrogen (secondary N) is 1. The van der Waals surface area contributed by atoms with Crippen molar-refractivity contribution < 1.29 is 5.11 Å². The van der Waals surface area contributed by atoms with Gasteiger partial charge in [0, 0.05) is 18.7 Å². The molecule has 1 aromatic heterocycles. The molecule has 0 saturated heterocycles. The van der Waals surface area contributed by atoms with Crippen molar-refractivity contribution in [3.05, 3.63) is 21.6 Å². The maximum absolute atomic E-state index is 12.4. The Bertz CT molecular complexity index is 528. The molecule has 1 heterocycles. The Kier molecular flexibility index (Phi) is 4.70. The van der Waals surface area contributed by atoms with E-state index in [1.54, 1.807) is 0 Å². The summed E-state index contributed by atoms with van der Waals surface area (Å²) >= 11 is 6.12. The molecule has 0 spiro atoms. The van der Waals surface area contributed by atoms with Crippen molar-refractivity contribution in [2.75, 3.05) is 11.9 Å². The monoisotopic (exact) mass is 299 g/mol. The fraction of sp³-hybridized carbons (Fsp3) is 0.714. The summed E-state index contributed by atoms with van der Waals surface area (Å²) in [6.45, 7) is 4.72. The van der Waals surface area contributed by atoms with Crippen LogP contribution in [0.5, 0.6) is 0 Å². The van der Waals surface area contributed by atoms with Gasteiger partial charge in [-0.3, -0.25) is 4.79 Å². The third-order valence-corrected chi connectivity index (χ3v) is 4.28. The minimum atomic E-state index is -0.351. The van der Waals surface area contributed by atoms with Crippen molar-refractivity contribution in [2.45, 2.75) is 51.6 Å². The molecule has 0 bridgehead atoms. The Morgan fingerprint density at radius 2 is 2.30 bits per heavy atom. The van der Waals surface area contributed by atoms with Gasteiger partial charge >= 0.3 is 0 Å². The van der Waals surface area contributed by atoms with Gasteiger partial charge in [-0.05, 0) is 38.5 Å². The Morgan fingerprint density at radius 1 is 1.60 bits per heavy atom. The highest BCUT2D eigenvalue weighted by Crippen LogP contribution is 2.30. The van der Waals surface area contributed by atoms with Gasteiger partial charge in [-0.25, -0.2) is 4.68 Å². The van der Waals surface area contributed by atoms with Crippen LogP contribution in [0.25, 0.3) is 0 Å². The molecule has 0 radical (unpaired) electrons. The average Bonchev–Trinajstić information content (AvgIpc) is 3.22. The van der Waals surface area contributed by atoms with E-state index in [9.17, 15) is 4.79 Å². The predicted molar refractivity (Wildman–Crippen MR) is 80.3 cm³/mol. The summed E-state index contributed by atoms with van der Waals surface area (Å²) in [5.74, 6) is 0.573. The Morgan fingerprint density at radius 3 is 2.85 bits per heavy atom. The first-order valence-electron chi connectivity index (χ1n) is 7.14. The van der Waals surface area contributed by atoms with Gasteiger partial charge in [-0.1, -0.05) is 18.5 Å². The molecule has 2 rings (SSSR count). The highest BCUT2D eigenvalue weighted by molar-refractivity contribution is 6.33. The van der Waals surface area contributed by atoms with Crippen LogP contribution in [-0.4, -0.2) is 27.0 Å². The van der Waals surface area contributed by atoms with E-state index in [1.165, 1.54) is 10.9 Å². The van der Waals surface area contributed by atoms with E-state index < -0.39 is 0 Å². The highest BCUT2D eigenvalue weighted by Gasteiger charge is 2.26. The summed E-state index contributed by atoms with van der Waals surface area (Å²) in [6.07, 6.45) is 5.19. The minimum absolute atomic E-state index is 0.0658. The van der Waals surface area contributed by atoms with E-state index >= 15 is 0 Å². The number of hydrogen-bond acceptors (Lipinski definition) is 4. The number of hydrogen-bond donors (Lipinski definition) is 2. The molecule has 0 aromatic carbocycles. The predicted octanol–water partition coefficient (Wildman–Crippen LogP) is 2.27. The third-order valence-electron chi connectivity index (χ3n) is 4.00. The minimum Gasteiger partial charge on any atom is -0.396 e. The quantitative estimate of drug-likeness (QED) is 0.810. The van der Waals surface area contributed by atoms with Crippen LogP contribution in [0.1, 0.15) is 39.5 Å². The Labute approximate surface area is 124 Å². The second kappa shape index (κ2) is 6.14. The molecule has 0 aliphatic heterocycles. The Hall–Kier alpha value is -1.07. The van der Waals surface area contributed by atoms with Gasteiger partial charge < -0.3 is 10.4 Å². The van der Waals surface area contributed by atoms with Gasteiger partial charge in [-0.2, -0.15) is 5.10 Å². The van der Waals surface area contributed by atoms with Gasteiger partial charge in [0.1, 0.15) is 5.69 Å². The van der Waals surface area contributed by atoms with Gasteiger partial charge in [0.15, 0.2) is 0 Å². The van der Waals surface area contributed by atoms with Gasteiger partial charge in [-0.15, -0.1) is 0 Å². The van der Waals surface area contributed by atoms with Crippen molar-refractivity contribution in [1.29, 1.82) is 0 Å².